The summed E-state index contributed by atoms with van der Waals surface area (Å²) in [6.45, 7) is 7.63. The van der Waals surface area contributed by atoms with Gasteiger partial charge < -0.3 is 10.3 Å². The van der Waals surface area contributed by atoms with Crippen LogP contribution >= 0.6 is 0 Å². The van der Waals surface area contributed by atoms with Gasteiger partial charge >= 0.3 is 0 Å². The SMILES string of the molecule is CC(C)=CCC/C(C)=C/C1NCCc2c1[nH]c1ccccc21. The van der Waals surface area contributed by atoms with E-state index in [2.05, 4.69) is 67.5 Å². The molecule has 2 N–H and O–H groups in total. The second-order valence-corrected chi connectivity index (χ2v) is 6.58. The molecule has 1 aromatic carbocycles. The molecule has 0 radical (unpaired) electrons. The van der Waals surface area contributed by atoms with Crippen molar-refractivity contribution >= 4 is 10.9 Å². The van der Waals surface area contributed by atoms with Crippen LogP contribution in [-0.2, 0) is 6.42 Å². The van der Waals surface area contributed by atoms with E-state index in [1.165, 1.54) is 33.3 Å². The molecule has 22 heavy (non-hydrogen) atoms. The highest BCUT2D eigenvalue weighted by Crippen LogP contribution is 2.31. The molecule has 1 aliphatic heterocycles. The Morgan fingerprint density at radius 1 is 1.23 bits per heavy atom. The van der Waals surface area contributed by atoms with Crippen molar-refractivity contribution in [3.05, 3.63) is 58.8 Å². The first-order valence-electron chi connectivity index (χ1n) is 8.28. The molecule has 0 saturated heterocycles. The molecule has 1 unspecified atom stereocenters. The molecule has 116 valence electrons. The van der Waals surface area contributed by atoms with Crippen molar-refractivity contribution < 1.29 is 0 Å². The first-order valence-corrected chi connectivity index (χ1v) is 8.28. The fraction of sp³-hybridized carbons (Fsp3) is 0.400. The van der Waals surface area contributed by atoms with Crippen LogP contribution in [0.25, 0.3) is 10.9 Å². The number of aromatic amines is 1. The van der Waals surface area contributed by atoms with Gasteiger partial charge in [-0.05, 0) is 51.7 Å². The highest BCUT2D eigenvalue weighted by Gasteiger charge is 2.22. The molecule has 2 aromatic rings. The number of nitrogens with one attached hydrogen (secondary N) is 2. The van der Waals surface area contributed by atoms with Crippen LogP contribution in [0, 0.1) is 0 Å². The number of benzene rings is 1. The number of para-hydroxylation sites is 1. The number of H-pyrrole nitrogens is 1. The van der Waals surface area contributed by atoms with Crippen LogP contribution in [0.1, 0.15) is 50.9 Å². The third kappa shape index (κ3) is 3.17. The van der Waals surface area contributed by atoms with Crippen LogP contribution < -0.4 is 5.32 Å². The second-order valence-electron chi connectivity index (χ2n) is 6.58. The maximum Gasteiger partial charge on any atom is 0.0664 e. The van der Waals surface area contributed by atoms with Gasteiger partial charge in [-0.2, -0.15) is 0 Å². The van der Waals surface area contributed by atoms with Gasteiger partial charge in [0.15, 0.2) is 0 Å². The van der Waals surface area contributed by atoms with Crippen LogP contribution in [0.3, 0.4) is 0 Å². The summed E-state index contributed by atoms with van der Waals surface area (Å²) in [5, 5.41) is 5.03. The van der Waals surface area contributed by atoms with Crippen molar-refractivity contribution in [2.45, 2.75) is 46.1 Å². The van der Waals surface area contributed by atoms with Gasteiger partial charge in [-0.15, -0.1) is 0 Å². The minimum absolute atomic E-state index is 0.322. The van der Waals surface area contributed by atoms with Crippen LogP contribution in [-0.4, -0.2) is 11.5 Å². The fourth-order valence-electron chi connectivity index (χ4n) is 3.31. The van der Waals surface area contributed by atoms with E-state index in [-0.39, 0.29) is 0 Å². The molecule has 0 amide bonds. The van der Waals surface area contributed by atoms with E-state index in [4.69, 9.17) is 0 Å². The summed E-state index contributed by atoms with van der Waals surface area (Å²) >= 11 is 0. The molecule has 2 heterocycles. The van der Waals surface area contributed by atoms with E-state index in [9.17, 15) is 0 Å². The third-order valence-electron chi connectivity index (χ3n) is 4.44. The summed E-state index contributed by atoms with van der Waals surface area (Å²) in [6, 6.07) is 8.97. The van der Waals surface area contributed by atoms with Gasteiger partial charge in [0.1, 0.15) is 0 Å². The zero-order chi connectivity index (χ0) is 15.5. The number of hydrogen-bond donors (Lipinski definition) is 2. The van der Waals surface area contributed by atoms with Gasteiger partial charge in [-0.1, -0.05) is 41.5 Å². The molecule has 2 heteroatoms. The molecule has 2 nitrogen and oxygen atoms in total. The molecule has 3 rings (SSSR count). The van der Waals surface area contributed by atoms with Crippen molar-refractivity contribution in [1.29, 1.82) is 0 Å². The van der Waals surface area contributed by atoms with E-state index in [1.807, 2.05) is 0 Å². The van der Waals surface area contributed by atoms with Crippen LogP contribution in [0.2, 0.25) is 0 Å². The normalized spacial score (nSPS) is 18.3. The molecular formula is C20H26N2. The lowest BCUT2D eigenvalue weighted by molar-refractivity contribution is 0.570. The predicted octanol–water partition coefficient (Wildman–Crippen LogP) is 5.05. The lowest BCUT2D eigenvalue weighted by atomic mass is 9.97. The second kappa shape index (κ2) is 6.53. The van der Waals surface area contributed by atoms with Gasteiger partial charge in [0.25, 0.3) is 0 Å². The summed E-state index contributed by atoms with van der Waals surface area (Å²) in [4.78, 5) is 3.63. The molecule has 0 saturated carbocycles. The Bertz CT molecular complexity index is 714. The van der Waals surface area contributed by atoms with Crippen LogP contribution in [0.15, 0.2) is 47.6 Å². The van der Waals surface area contributed by atoms with E-state index in [0.29, 0.717) is 6.04 Å². The van der Waals surface area contributed by atoms with Crippen molar-refractivity contribution in [3.63, 3.8) is 0 Å². The Morgan fingerprint density at radius 2 is 2.05 bits per heavy atom. The first kappa shape index (κ1) is 15.1. The average molecular weight is 294 g/mol. The zero-order valence-electron chi connectivity index (χ0n) is 13.9. The average Bonchev–Trinajstić information content (AvgIpc) is 2.87. The van der Waals surface area contributed by atoms with Gasteiger partial charge in [0, 0.05) is 23.1 Å². The van der Waals surface area contributed by atoms with Crippen molar-refractivity contribution in [1.82, 2.24) is 10.3 Å². The highest BCUT2D eigenvalue weighted by molar-refractivity contribution is 5.85. The van der Waals surface area contributed by atoms with Gasteiger partial charge in [0.2, 0.25) is 0 Å². The Kier molecular flexibility index (Phi) is 4.49. The van der Waals surface area contributed by atoms with E-state index in [0.717, 1.165) is 25.8 Å². The molecule has 0 aliphatic carbocycles. The minimum atomic E-state index is 0.322. The van der Waals surface area contributed by atoms with Gasteiger partial charge in [-0.25, -0.2) is 0 Å². The summed E-state index contributed by atoms with van der Waals surface area (Å²) in [5.41, 5.74) is 6.97. The molecular weight excluding hydrogens is 268 g/mol. The quantitative estimate of drug-likeness (QED) is 0.759. The van der Waals surface area contributed by atoms with Crippen molar-refractivity contribution in [2.24, 2.45) is 0 Å². The zero-order valence-corrected chi connectivity index (χ0v) is 13.9. The molecule has 0 fully saturated rings. The molecule has 1 aliphatic rings. The molecule has 1 aromatic heterocycles. The van der Waals surface area contributed by atoms with E-state index >= 15 is 0 Å². The summed E-state index contributed by atoms with van der Waals surface area (Å²) in [7, 11) is 0. The molecule has 1 atom stereocenters. The Labute approximate surface area is 133 Å². The van der Waals surface area contributed by atoms with E-state index < -0.39 is 0 Å². The number of fused-ring (bicyclic) bond motifs is 3. The maximum absolute atomic E-state index is 3.64. The van der Waals surface area contributed by atoms with E-state index in [1.54, 1.807) is 0 Å². The van der Waals surface area contributed by atoms with Gasteiger partial charge in [0.05, 0.1) is 6.04 Å². The molecule has 0 spiro atoms. The summed E-state index contributed by atoms with van der Waals surface area (Å²) in [5.74, 6) is 0. The van der Waals surface area contributed by atoms with Crippen molar-refractivity contribution in [3.8, 4) is 0 Å². The van der Waals surface area contributed by atoms with Crippen LogP contribution in [0.4, 0.5) is 0 Å². The maximum atomic E-state index is 3.64. The number of rotatable bonds is 4. The summed E-state index contributed by atoms with van der Waals surface area (Å²) in [6.07, 6.45) is 8.10. The first-order chi connectivity index (χ1) is 10.6. The highest BCUT2D eigenvalue weighted by atomic mass is 15.0. The minimum Gasteiger partial charge on any atom is -0.357 e. The molecule has 0 bridgehead atoms. The van der Waals surface area contributed by atoms with Gasteiger partial charge in [-0.3, -0.25) is 0 Å². The Morgan fingerprint density at radius 3 is 2.86 bits per heavy atom. The monoisotopic (exact) mass is 294 g/mol. The smallest absolute Gasteiger partial charge is 0.0664 e. The third-order valence-corrected chi connectivity index (χ3v) is 4.44. The largest absolute Gasteiger partial charge is 0.357 e. The standard InChI is InChI=1S/C20H26N2/c1-14(2)7-6-8-15(3)13-19-20-17(11-12-21-19)16-9-4-5-10-18(16)22-20/h4-5,7,9-10,13,19,21-22H,6,8,11-12H2,1-3H3/b15-13+. The fourth-order valence-corrected chi connectivity index (χ4v) is 3.31. The Hall–Kier alpha value is -1.80. The van der Waals surface area contributed by atoms with Crippen molar-refractivity contribution in [2.75, 3.05) is 6.54 Å². The van der Waals surface area contributed by atoms with Crippen LogP contribution in [0.5, 0.6) is 0 Å². The predicted molar refractivity (Wildman–Crippen MR) is 95.2 cm³/mol. The lowest BCUT2D eigenvalue weighted by Gasteiger charge is -2.22. The number of aromatic nitrogens is 1. The Balaban J connectivity index is 1.84. The summed E-state index contributed by atoms with van der Waals surface area (Å²) < 4.78 is 0. The topological polar surface area (TPSA) is 27.8 Å². The number of allylic oxidation sites excluding steroid dienone is 3. The number of hydrogen-bond acceptors (Lipinski definition) is 1. The lowest BCUT2D eigenvalue weighted by Crippen LogP contribution is -2.28.